The smallest absolute Gasteiger partial charge is 0.0236 e. The quantitative estimate of drug-likeness (QED) is 0.813. The standard InChI is InChI=1S/C15H22N2/c16-11-15(8-9-15)12-17(14-6-7-14)10-13-4-2-1-3-5-13/h1-5,14H,6-12,16H2. The van der Waals surface area contributed by atoms with E-state index < -0.39 is 0 Å². The first-order valence-electron chi connectivity index (χ1n) is 6.79. The average Bonchev–Trinajstić information content (AvgIpc) is 3.25. The molecule has 2 nitrogen and oxygen atoms in total. The third-order valence-corrected chi connectivity index (χ3v) is 4.22. The summed E-state index contributed by atoms with van der Waals surface area (Å²) in [5.74, 6) is 0. The molecule has 2 N–H and O–H groups in total. The zero-order valence-corrected chi connectivity index (χ0v) is 10.4. The lowest BCUT2D eigenvalue weighted by Gasteiger charge is -2.26. The van der Waals surface area contributed by atoms with Crippen LogP contribution in [0, 0.1) is 5.41 Å². The Morgan fingerprint density at radius 3 is 2.41 bits per heavy atom. The monoisotopic (exact) mass is 230 g/mol. The topological polar surface area (TPSA) is 29.3 Å². The van der Waals surface area contributed by atoms with Gasteiger partial charge >= 0.3 is 0 Å². The number of benzene rings is 1. The minimum Gasteiger partial charge on any atom is -0.330 e. The molecule has 0 saturated heterocycles. The van der Waals surface area contributed by atoms with Gasteiger partial charge in [0.1, 0.15) is 0 Å². The lowest BCUT2D eigenvalue weighted by atomic mass is 10.1. The summed E-state index contributed by atoms with van der Waals surface area (Å²) < 4.78 is 0. The van der Waals surface area contributed by atoms with Gasteiger partial charge in [0.05, 0.1) is 0 Å². The molecule has 2 aliphatic rings. The Balaban J connectivity index is 1.64. The van der Waals surface area contributed by atoms with E-state index in [0.717, 1.165) is 19.1 Å². The predicted octanol–water partition coefficient (Wildman–Crippen LogP) is 2.39. The van der Waals surface area contributed by atoms with E-state index in [1.807, 2.05) is 0 Å². The Bertz CT molecular complexity index is 366. The van der Waals surface area contributed by atoms with Crippen LogP contribution in [0.1, 0.15) is 31.2 Å². The summed E-state index contributed by atoms with van der Waals surface area (Å²) in [4.78, 5) is 2.66. The van der Waals surface area contributed by atoms with Gasteiger partial charge in [-0.3, -0.25) is 4.90 Å². The molecule has 1 aromatic rings. The van der Waals surface area contributed by atoms with Gasteiger partial charge in [-0.25, -0.2) is 0 Å². The van der Waals surface area contributed by atoms with Crippen molar-refractivity contribution in [3.05, 3.63) is 35.9 Å². The molecule has 0 spiro atoms. The summed E-state index contributed by atoms with van der Waals surface area (Å²) in [6, 6.07) is 11.7. The van der Waals surface area contributed by atoms with Crippen LogP contribution in [-0.2, 0) is 6.54 Å². The van der Waals surface area contributed by atoms with Crippen LogP contribution in [-0.4, -0.2) is 24.0 Å². The zero-order valence-electron chi connectivity index (χ0n) is 10.4. The number of nitrogens with two attached hydrogens (primary N) is 1. The molecule has 2 aliphatic carbocycles. The van der Waals surface area contributed by atoms with Crippen molar-refractivity contribution in [3.63, 3.8) is 0 Å². The van der Waals surface area contributed by atoms with E-state index in [4.69, 9.17) is 5.73 Å². The largest absolute Gasteiger partial charge is 0.330 e. The number of hydrogen-bond acceptors (Lipinski definition) is 2. The maximum absolute atomic E-state index is 5.90. The molecule has 2 heteroatoms. The molecule has 0 unspecified atom stereocenters. The minimum atomic E-state index is 0.470. The second kappa shape index (κ2) is 4.43. The van der Waals surface area contributed by atoms with E-state index in [1.54, 1.807) is 0 Å². The number of hydrogen-bond donors (Lipinski definition) is 1. The van der Waals surface area contributed by atoms with Crippen molar-refractivity contribution in [1.29, 1.82) is 0 Å². The summed E-state index contributed by atoms with van der Waals surface area (Å²) in [6.07, 6.45) is 5.43. The molecule has 0 aromatic heterocycles. The number of rotatable bonds is 6. The van der Waals surface area contributed by atoms with Gasteiger partial charge in [-0.2, -0.15) is 0 Å². The van der Waals surface area contributed by atoms with Gasteiger partial charge in [-0.05, 0) is 43.2 Å². The molecule has 0 atom stereocenters. The third kappa shape index (κ3) is 2.70. The molecule has 17 heavy (non-hydrogen) atoms. The van der Waals surface area contributed by atoms with Crippen molar-refractivity contribution in [2.24, 2.45) is 11.1 Å². The molecule has 0 amide bonds. The molecule has 1 aromatic carbocycles. The highest BCUT2D eigenvalue weighted by Crippen LogP contribution is 2.46. The number of nitrogens with zero attached hydrogens (tertiary/aromatic N) is 1. The van der Waals surface area contributed by atoms with Gasteiger partial charge in [-0.1, -0.05) is 30.3 Å². The normalized spacial score (nSPS) is 21.8. The van der Waals surface area contributed by atoms with Gasteiger partial charge < -0.3 is 5.73 Å². The summed E-state index contributed by atoms with van der Waals surface area (Å²) in [5.41, 5.74) is 7.81. The minimum absolute atomic E-state index is 0.470. The van der Waals surface area contributed by atoms with Crippen LogP contribution >= 0.6 is 0 Å². The van der Waals surface area contributed by atoms with Gasteiger partial charge in [0, 0.05) is 19.1 Å². The van der Waals surface area contributed by atoms with Crippen molar-refractivity contribution in [2.45, 2.75) is 38.3 Å². The van der Waals surface area contributed by atoms with E-state index in [9.17, 15) is 0 Å². The highest BCUT2D eigenvalue weighted by Gasteiger charge is 2.44. The van der Waals surface area contributed by atoms with Crippen LogP contribution in [0.2, 0.25) is 0 Å². The van der Waals surface area contributed by atoms with Crippen LogP contribution in [0.25, 0.3) is 0 Å². The van der Waals surface area contributed by atoms with E-state index >= 15 is 0 Å². The summed E-state index contributed by atoms with van der Waals surface area (Å²) >= 11 is 0. The van der Waals surface area contributed by atoms with Gasteiger partial charge in [0.25, 0.3) is 0 Å². The molecule has 3 rings (SSSR count). The molecule has 0 radical (unpaired) electrons. The fourth-order valence-corrected chi connectivity index (χ4v) is 2.61. The van der Waals surface area contributed by atoms with Crippen LogP contribution in [0.4, 0.5) is 0 Å². The summed E-state index contributed by atoms with van der Waals surface area (Å²) in [5, 5.41) is 0. The van der Waals surface area contributed by atoms with Crippen LogP contribution < -0.4 is 5.73 Å². The van der Waals surface area contributed by atoms with Crippen LogP contribution in [0.15, 0.2) is 30.3 Å². The van der Waals surface area contributed by atoms with Crippen molar-refractivity contribution in [2.75, 3.05) is 13.1 Å². The zero-order chi connectivity index (χ0) is 11.7. The summed E-state index contributed by atoms with van der Waals surface area (Å²) in [7, 11) is 0. The fraction of sp³-hybridized carbons (Fsp3) is 0.600. The first-order chi connectivity index (χ1) is 8.31. The Kier molecular flexibility index (Phi) is 2.93. The van der Waals surface area contributed by atoms with Crippen LogP contribution in [0.5, 0.6) is 0 Å². The maximum atomic E-state index is 5.90. The summed E-state index contributed by atoms with van der Waals surface area (Å²) in [6.45, 7) is 3.18. The molecule has 2 fully saturated rings. The third-order valence-electron chi connectivity index (χ3n) is 4.22. The highest BCUT2D eigenvalue weighted by molar-refractivity contribution is 5.15. The Labute approximate surface area is 104 Å². The molecule has 0 bridgehead atoms. The Morgan fingerprint density at radius 1 is 1.18 bits per heavy atom. The lowest BCUT2D eigenvalue weighted by molar-refractivity contribution is 0.204. The fourth-order valence-electron chi connectivity index (χ4n) is 2.61. The van der Waals surface area contributed by atoms with Crippen molar-refractivity contribution >= 4 is 0 Å². The average molecular weight is 230 g/mol. The predicted molar refractivity (Wildman–Crippen MR) is 70.6 cm³/mol. The van der Waals surface area contributed by atoms with Crippen molar-refractivity contribution in [3.8, 4) is 0 Å². The molecular weight excluding hydrogens is 208 g/mol. The lowest BCUT2D eigenvalue weighted by Crippen LogP contribution is -2.35. The van der Waals surface area contributed by atoms with Gasteiger partial charge in [0.2, 0.25) is 0 Å². The SMILES string of the molecule is NCC1(CN(Cc2ccccc2)C2CC2)CC1. The van der Waals surface area contributed by atoms with Gasteiger partial charge in [-0.15, -0.1) is 0 Å². The first kappa shape index (κ1) is 11.2. The van der Waals surface area contributed by atoms with Crippen molar-refractivity contribution < 1.29 is 0 Å². The van der Waals surface area contributed by atoms with E-state index in [-0.39, 0.29) is 0 Å². The molecule has 92 valence electrons. The van der Waals surface area contributed by atoms with Crippen molar-refractivity contribution in [1.82, 2.24) is 4.90 Å². The van der Waals surface area contributed by atoms with Crippen LogP contribution in [0.3, 0.4) is 0 Å². The molecule has 2 saturated carbocycles. The Hall–Kier alpha value is -0.860. The molecular formula is C15H22N2. The van der Waals surface area contributed by atoms with Gasteiger partial charge in [0.15, 0.2) is 0 Å². The second-order valence-corrected chi connectivity index (χ2v) is 5.83. The first-order valence-corrected chi connectivity index (χ1v) is 6.79. The maximum Gasteiger partial charge on any atom is 0.0236 e. The Morgan fingerprint density at radius 2 is 1.88 bits per heavy atom. The van der Waals surface area contributed by atoms with E-state index in [2.05, 4.69) is 35.2 Å². The second-order valence-electron chi connectivity index (χ2n) is 5.83. The van der Waals surface area contributed by atoms with E-state index in [1.165, 1.54) is 37.8 Å². The highest BCUT2D eigenvalue weighted by atomic mass is 15.2. The molecule has 0 heterocycles. The molecule has 0 aliphatic heterocycles. The van der Waals surface area contributed by atoms with E-state index in [0.29, 0.717) is 5.41 Å².